The normalized spacial score (nSPS) is 15.3. The first-order valence-corrected chi connectivity index (χ1v) is 24.5. The number of rotatable bonds is 35. The molecule has 0 aliphatic carbocycles. The van der Waals surface area contributed by atoms with Crippen molar-refractivity contribution >= 4 is 94.8 Å². The third kappa shape index (κ3) is 23.9. The molecule has 2 heterocycles. The van der Waals surface area contributed by atoms with Gasteiger partial charge in [0.1, 0.15) is 48.3 Å². The summed E-state index contributed by atoms with van der Waals surface area (Å²) in [5.41, 5.74) is 5.59. The second-order valence-corrected chi connectivity index (χ2v) is 18.2. The van der Waals surface area contributed by atoms with E-state index in [9.17, 15) is 97.1 Å². The van der Waals surface area contributed by atoms with E-state index in [0.29, 0.717) is 12.1 Å². The van der Waals surface area contributed by atoms with Gasteiger partial charge in [-0.15, -0.1) is 0 Å². The molecule has 442 valence electrons. The fraction of sp³-hybridized carbons (Fsp3) is 0.578. The Hall–Kier alpha value is -9.31. The van der Waals surface area contributed by atoms with Crippen LogP contribution in [0.3, 0.4) is 0 Å². The molecule has 2 rings (SSSR count). The molecule has 1 aromatic heterocycles. The van der Waals surface area contributed by atoms with Crippen LogP contribution in [-0.4, -0.2) is 216 Å². The predicted molar refractivity (Wildman–Crippen MR) is 265 cm³/mol. The van der Waals surface area contributed by atoms with Gasteiger partial charge in [0.2, 0.25) is 65.0 Å². The number of carboxylic acid groups (broad SMARTS) is 5. The number of nitrogens with zero attached hydrogens (tertiary/aromatic N) is 2. The Morgan fingerprint density at radius 2 is 1.10 bits per heavy atom. The van der Waals surface area contributed by atoms with E-state index >= 15 is 0 Å². The van der Waals surface area contributed by atoms with Crippen LogP contribution in [0.25, 0.3) is 0 Å². The molecule has 11 amide bonds. The van der Waals surface area contributed by atoms with E-state index in [2.05, 4.69) is 63.1 Å². The highest BCUT2D eigenvalue weighted by molar-refractivity contribution is 5.99. The Balaban J connectivity index is 2.13. The molecule has 0 radical (unpaired) electrons. The van der Waals surface area contributed by atoms with Gasteiger partial charge in [0, 0.05) is 37.7 Å². The van der Waals surface area contributed by atoms with Crippen LogP contribution in [0.1, 0.15) is 77.8 Å². The first-order chi connectivity index (χ1) is 37.5. The van der Waals surface area contributed by atoms with Crippen molar-refractivity contribution in [1.29, 1.82) is 0 Å². The zero-order valence-corrected chi connectivity index (χ0v) is 43.5. The van der Waals surface area contributed by atoms with Crippen molar-refractivity contribution in [3.8, 4) is 0 Å². The van der Waals surface area contributed by atoms with Gasteiger partial charge >= 0.3 is 29.8 Å². The van der Waals surface area contributed by atoms with E-state index in [1.54, 1.807) is 0 Å². The SMILES string of the molecule is CC(C)[C@H](NC(=O)CN)C(=O)N[C@@H](CC(=O)O)C(=O)N[C@@H](C)C(=O)N[C@@H](CCC(=O)O)C(=O)N[C@@H](CC(=O)O)C(=O)NCC(=O)N[C@@H](Cc1cnc[nH]1)C(=O)NCC(=O)N1CCC[C@H]1C(=O)NCC(=O)N[C@@H](CCC(=O)O)C(=O)O. The van der Waals surface area contributed by atoms with Crippen molar-refractivity contribution in [3.63, 3.8) is 0 Å². The molecule has 8 atom stereocenters. The van der Waals surface area contributed by atoms with Gasteiger partial charge in [0.25, 0.3) is 0 Å². The molecule has 0 saturated carbocycles. The molecule has 80 heavy (non-hydrogen) atoms. The lowest BCUT2D eigenvalue weighted by molar-refractivity contribution is -0.143. The van der Waals surface area contributed by atoms with Gasteiger partial charge < -0.3 is 94.3 Å². The van der Waals surface area contributed by atoms with Crippen molar-refractivity contribution in [2.75, 3.05) is 32.7 Å². The van der Waals surface area contributed by atoms with Gasteiger partial charge in [-0.2, -0.15) is 0 Å². The van der Waals surface area contributed by atoms with Gasteiger partial charge in [-0.05, 0) is 38.5 Å². The molecule has 1 aliphatic heterocycles. The fourth-order valence-corrected chi connectivity index (χ4v) is 7.42. The fourth-order valence-electron chi connectivity index (χ4n) is 7.42. The Morgan fingerprint density at radius 3 is 1.64 bits per heavy atom. The van der Waals surface area contributed by atoms with Crippen LogP contribution in [0.4, 0.5) is 0 Å². The van der Waals surface area contributed by atoms with Crippen molar-refractivity contribution in [1.82, 2.24) is 68.0 Å². The van der Waals surface area contributed by atoms with Crippen molar-refractivity contribution < 1.29 is 102 Å². The number of aromatic nitrogens is 2. The third-order valence-electron chi connectivity index (χ3n) is 11.6. The highest BCUT2D eigenvalue weighted by atomic mass is 16.4. The second-order valence-electron chi connectivity index (χ2n) is 18.2. The molecule has 1 fully saturated rings. The Labute approximate surface area is 453 Å². The molecule has 0 aromatic carbocycles. The van der Waals surface area contributed by atoms with Crippen LogP contribution in [0.15, 0.2) is 12.5 Å². The third-order valence-corrected chi connectivity index (χ3v) is 11.6. The summed E-state index contributed by atoms with van der Waals surface area (Å²) in [6.45, 7) is 1.26. The highest BCUT2D eigenvalue weighted by Gasteiger charge is 2.37. The maximum absolute atomic E-state index is 13.5. The predicted octanol–water partition coefficient (Wildman–Crippen LogP) is -7.92. The van der Waals surface area contributed by atoms with Crippen molar-refractivity contribution in [2.24, 2.45) is 11.7 Å². The number of nitrogens with two attached hydrogens (primary N) is 1. The summed E-state index contributed by atoms with van der Waals surface area (Å²) < 4.78 is 0. The maximum Gasteiger partial charge on any atom is 0.326 e. The quantitative estimate of drug-likeness (QED) is 0.0300. The standard InChI is InChI=1S/C45H66N14O21/c1-20(2)37(58-29(60)14-46)44(78)57-27(13-36(70)71)42(76)52-21(3)38(72)55-23(6-8-33(64)65)41(75)56-26(12-35(68)69)40(74)48-16-31(62)54-25(11-22-15-47-19-51-22)39(73)50-18-32(63)59-10-4-5-28(59)43(77)49-17-30(61)53-24(45(79)80)7-9-34(66)67/h15,19-21,23-28,37H,4-14,16-18,46H2,1-3H3,(H,47,51)(H,48,74)(H,49,77)(H,50,73)(H,52,76)(H,53,61)(H,54,62)(H,55,72)(H,56,75)(H,57,78)(H,58,60)(H,64,65)(H,66,67)(H,68,69)(H,70,71)(H,79,80)/t21-,23-,24-,25-,26-,27-,28-,37-/m0/s1. The topological polar surface area (TPSA) is 553 Å². The van der Waals surface area contributed by atoms with Gasteiger partial charge in [0.05, 0.1) is 45.3 Å². The molecule has 0 spiro atoms. The van der Waals surface area contributed by atoms with Crippen LogP contribution in [-0.2, 0) is 83.1 Å². The first-order valence-electron chi connectivity index (χ1n) is 24.5. The molecule has 18 N–H and O–H groups in total. The average Bonchev–Trinajstić information content (AvgIpc) is 4.10. The second kappa shape index (κ2) is 33.1. The molecule has 35 heteroatoms. The number of aromatic amines is 1. The molecule has 1 saturated heterocycles. The number of amides is 11. The zero-order valence-electron chi connectivity index (χ0n) is 43.5. The summed E-state index contributed by atoms with van der Waals surface area (Å²) in [5, 5.41) is 68.5. The Bertz CT molecular complexity index is 2470. The summed E-state index contributed by atoms with van der Waals surface area (Å²) in [4.78, 5) is 209. The van der Waals surface area contributed by atoms with Gasteiger partial charge in [-0.1, -0.05) is 13.8 Å². The smallest absolute Gasteiger partial charge is 0.326 e. The molecule has 35 nitrogen and oxygen atoms in total. The minimum Gasteiger partial charge on any atom is -0.481 e. The van der Waals surface area contributed by atoms with Crippen LogP contribution in [0, 0.1) is 5.92 Å². The maximum atomic E-state index is 13.5. The largest absolute Gasteiger partial charge is 0.481 e. The number of hydrogen-bond acceptors (Lipinski definition) is 18. The van der Waals surface area contributed by atoms with Crippen molar-refractivity contribution in [3.05, 3.63) is 18.2 Å². The number of aliphatic carboxylic acids is 5. The summed E-state index contributed by atoms with van der Waals surface area (Å²) in [6, 6.07) is -12.8. The van der Waals surface area contributed by atoms with E-state index in [1.807, 2.05) is 0 Å². The summed E-state index contributed by atoms with van der Waals surface area (Å²) >= 11 is 0. The number of nitrogens with one attached hydrogen (secondary N) is 11. The molecule has 1 aliphatic rings. The Kier molecular flexibility index (Phi) is 27.6. The van der Waals surface area contributed by atoms with Crippen LogP contribution >= 0.6 is 0 Å². The Morgan fingerprint density at radius 1 is 0.588 bits per heavy atom. The molecule has 0 bridgehead atoms. The van der Waals surface area contributed by atoms with Crippen LogP contribution in [0.5, 0.6) is 0 Å². The number of H-pyrrole nitrogens is 1. The highest BCUT2D eigenvalue weighted by Crippen LogP contribution is 2.17. The summed E-state index contributed by atoms with van der Waals surface area (Å²) in [5.74, 6) is -19.4. The minimum absolute atomic E-state index is 0.0469. The van der Waals surface area contributed by atoms with E-state index in [-0.39, 0.29) is 19.4 Å². The lowest BCUT2D eigenvalue weighted by Crippen LogP contribution is -2.59. The number of carbonyl (C=O) groups excluding carboxylic acids is 11. The van der Waals surface area contributed by atoms with E-state index in [0.717, 1.165) is 11.8 Å². The van der Waals surface area contributed by atoms with Crippen molar-refractivity contribution in [2.45, 2.75) is 127 Å². The van der Waals surface area contributed by atoms with Gasteiger partial charge in [0.15, 0.2) is 0 Å². The number of likely N-dealkylation sites (tertiary alicyclic amines) is 1. The van der Waals surface area contributed by atoms with Gasteiger partial charge in [-0.3, -0.25) is 71.9 Å². The van der Waals surface area contributed by atoms with Gasteiger partial charge in [-0.25, -0.2) is 9.78 Å². The summed E-state index contributed by atoms with van der Waals surface area (Å²) in [6.07, 6.45) is -1.90. The van der Waals surface area contributed by atoms with E-state index < -0.39 is 214 Å². The number of imidazole rings is 1. The lowest BCUT2D eigenvalue weighted by Gasteiger charge is -2.26. The first kappa shape index (κ1) is 66.8. The molecular weight excluding hydrogens is 1070 g/mol. The van der Waals surface area contributed by atoms with E-state index in [4.69, 9.17) is 10.8 Å². The molecule has 0 unspecified atom stereocenters. The monoisotopic (exact) mass is 1140 g/mol. The molecule has 1 aromatic rings. The van der Waals surface area contributed by atoms with Crippen LogP contribution in [0.2, 0.25) is 0 Å². The number of carbonyl (C=O) groups is 16. The van der Waals surface area contributed by atoms with E-state index in [1.165, 1.54) is 26.4 Å². The van der Waals surface area contributed by atoms with Crippen LogP contribution < -0.4 is 58.9 Å². The zero-order chi connectivity index (χ0) is 60.4. The number of carboxylic acids is 5. The molecular formula is C45H66N14O21. The lowest BCUT2D eigenvalue weighted by atomic mass is 10.0. The average molecular weight is 1140 g/mol. The minimum atomic E-state index is -2.01. The number of hydrogen-bond donors (Lipinski definition) is 17. The summed E-state index contributed by atoms with van der Waals surface area (Å²) in [7, 11) is 0.